The van der Waals surface area contributed by atoms with Crippen molar-refractivity contribution in [2.24, 2.45) is 4.99 Å². The summed E-state index contributed by atoms with van der Waals surface area (Å²) in [6, 6.07) is 7.29. The summed E-state index contributed by atoms with van der Waals surface area (Å²) in [4.78, 5) is 4.50. The van der Waals surface area contributed by atoms with Gasteiger partial charge in [0.2, 0.25) is 10.0 Å². The zero-order valence-corrected chi connectivity index (χ0v) is 19.5. The normalized spacial score (nSPS) is 23.8. The largest absolute Gasteiger partial charge is 0.354 e. The van der Waals surface area contributed by atoms with Crippen LogP contribution in [-0.2, 0) is 10.0 Å². The second-order valence-corrected chi connectivity index (χ2v) is 9.41. The molecule has 1 aromatic rings. The number of piperidine rings is 1. The maximum atomic E-state index is 13.9. The first kappa shape index (κ1) is 23.3. The topological polar surface area (TPSA) is 73.8 Å². The molecule has 9 heteroatoms. The van der Waals surface area contributed by atoms with E-state index in [0.29, 0.717) is 19.6 Å². The number of halogens is 2. The zero-order valence-electron chi connectivity index (χ0n) is 16.4. The summed E-state index contributed by atoms with van der Waals surface area (Å²) < 4.78 is 39.5. The van der Waals surface area contributed by atoms with Gasteiger partial charge in [0.25, 0.3) is 0 Å². The van der Waals surface area contributed by atoms with E-state index in [9.17, 15) is 12.8 Å². The molecule has 1 aliphatic heterocycles. The van der Waals surface area contributed by atoms with Gasteiger partial charge in [-0.05, 0) is 44.7 Å². The van der Waals surface area contributed by atoms with E-state index in [1.165, 1.54) is 6.07 Å². The number of rotatable bonds is 6. The maximum Gasteiger partial charge on any atom is 0.213 e. The quantitative estimate of drug-likeness (QED) is 0.341. The van der Waals surface area contributed by atoms with Gasteiger partial charge in [0.05, 0.1) is 5.75 Å². The van der Waals surface area contributed by atoms with Crippen molar-refractivity contribution in [2.45, 2.75) is 51.1 Å². The molecular formula is C19H30FIN4O2S. The minimum atomic E-state index is -3.11. The fraction of sp³-hybridized carbons (Fsp3) is 0.632. The van der Waals surface area contributed by atoms with Crippen LogP contribution in [0.4, 0.5) is 4.39 Å². The number of aliphatic imine (C=N–C) groups is 1. The van der Waals surface area contributed by atoms with E-state index in [4.69, 9.17) is 0 Å². The molecule has 28 heavy (non-hydrogen) atoms. The highest BCUT2D eigenvalue weighted by Crippen LogP contribution is 2.41. The van der Waals surface area contributed by atoms with Gasteiger partial charge in [-0.15, -0.1) is 24.0 Å². The second kappa shape index (κ2) is 10.2. The zero-order chi connectivity index (χ0) is 19.4. The van der Waals surface area contributed by atoms with Crippen LogP contribution in [0.25, 0.3) is 0 Å². The van der Waals surface area contributed by atoms with Gasteiger partial charge in [0.1, 0.15) is 5.82 Å². The number of sulfonamides is 1. The van der Waals surface area contributed by atoms with Crippen LogP contribution in [0, 0.1) is 5.82 Å². The summed E-state index contributed by atoms with van der Waals surface area (Å²) in [5.41, 5.74) is 0.754. The first-order valence-electron chi connectivity index (χ1n) is 9.74. The molecule has 0 bridgehead atoms. The van der Waals surface area contributed by atoms with Crippen molar-refractivity contribution in [3.05, 3.63) is 35.6 Å². The van der Waals surface area contributed by atoms with Crippen molar-refractivity contribution in [3.63, 3.8) is 0 Å². The number of nitrogens with one attached hydrogen (secondary N) is 2. The van der Waals surface area contributed by atoms with Crippen LogP contribution in [0.1, 0.15) is 44.6 Å². The Kier molecular flexibility index (Phi) is 8.50. The van der Waals surface area contributed by atoms with Crippen LogP contribution < -0.4 is 10.6 Å². The Morgan fingerprint density at radius 1 is 1.21 bits per heavy atom. The van der Waals surface area contributed by atoms with Gasteiger partial charge in [-0.1, -0.05) is 18.2 Å². The molecular weight excluding hydrogens is 494 g/mol. The highest BCUT2D eigenvalue weighted by atomic mass is 127. The van der Waals surface area contributed by atoms with Gasteiger partial charge in [0, 0.05) is 37.6 Å². The van der Waals surface area contributed by atoms with Crippen molar-refractivity contribution in [2.75, 3.05) is 25.4 Å². The summed E-state index contributed by atoms with van der Waals surface area (Å²) in [5, 5.41) is 6.84. The predicted molar refractivity (Wildman–Crippen MR) is 121 cm³/mol. The molecule has 158 valence electrons. The van der Waals surface area contributed by atoms with Crippen molar-refractivity contribution >= 4 is 40.0 Å². The first-order chi connectivity index (χ1) is 12.9. The minimum absolute atomic E-state index is 0. The summed E-state index contributed by atoms with van der Waals surface area (Å²) in [6.45, 7) is 5.37. The fourth-order valence-corrected chi connectivity index (χ4v) is 4.73. The Morgan fingerprint density at radius 2 is 1.89 bits per heavy atom. The van der Waals surface area contributed by atoms with Crippen LogP contribution in [0.5, 0.6) is 0 Å². The minimum Gasteiger partial charge on any atom is -0.354 e. The highest BCUT2D eigenvalue weighted by Gasteiger charge is 2.40. The molecule has 2 N–H and O–H groups in total. The van der Waals surface area contributed by atoms with Crippen molar-refractivity contribution in [1.82, 2.24) is 14.9 Å². The lowest BCUT2D eigenvalue weighted by molar-refractivity contribution is 0.306. The van der Waals surface area contributed by atoms with Gasteiger partial charge in [-0.25, -0.2) is 17.1 Å². The number of hydrogen-bond donors (Lipinski definition) is 2. The molecule has 1 heterocycles. The molecule has 0 amide bonds. The predicted octanol–water partition coefficient (Wildman–Crippen LogP) is 2.67. The van der Waals surface area contributed by atoms with E-state index in [1.807, 2.05) is 19.1 Å². The average Bonchev–Trinajstić information content (AvgIpc) is 3.41. The lowest BCUT2D eigenvalue weighted by Gasteiger charge is -2.32. The number of nitrogens with zero attached hydrogens (tertiary/aromatic N) is 2. The van der Waals surface area contributed by atoms with E-state index < -0.39 is 10.0 Å². The van der Waals surface area contributed by atoms with E-state index >= 15 is 0 Å². The highest BCUT2D eigenvalue weighted by molar-refractivity contribution is 14.0. The van der Waals surface area contributed by atoms with Crippen molar-refractivity contribution in [3.8, 4) is 0 Å². The molecule has 3 rings (SSSR count). The van der Waals surface area contributed by atoms with E-state index in [1.54, 1.807) is 17.3 Å². The van der Waals surface area contributed by atoms with Crippen molar-refractivity contribution < 1.29 is 12.8 Å². The Labute approximate surface area is 184 Å². The number of benzene rings is 1. The summed E-state index contributed by atoms with van der Waals surface area (Å²) in [5.74, 6) is 0.900. The summed E-state index contributed by atoms with van der Waals surface area (Å²) in [6.07, 6.45) is 2.40. The van der Waals surface area contributed by atoms with Crippen LogP contribution in [-0.4, -0.2) is 56.2 Å². The maximum absolute atomic E-state index is 13.9. The molecule has 1 saturated heterocycles. The molecule has 1 aliphatic carbocycles. The molecule has 1 saturated carbocycles. The summed E-state index contributed by atoms with van der Waals surface area (Å²) >= 11 is 0. The molecule has 2 atom stereocenters. The third kappa shape index (κ3) is 5.79. The van der Waals surface area contributed by atoms with E-state index in [2.05, 4.69) is 15.6 Å². The number of hydrogen-bond acceptors (Lipinski definition) is 3. The van der Waals surface area contributed by atoms with Crippen LogP contribution in [0.3, 0.4) is 0 Å². The van der Waals surface area contributed by atoms with Crippen LogP contribution >= 0.6 is 24.0 Å². The Bertz CT molecular complexity index is 782. The monoisotopic (exact) mass is 524 g/mol. The third-order valence-electron chi connectivity index (χ3n) is 5.29. The molecule has 6 nitrogen and oxygen atoms in total. The van der Waals surface area contributed by atoms with Gasteiger partial charge >= 0.3 is 0 Å². The lowest BCUT2D eigenvalue weighted by Crippen LogP contribution is -2.50. The molecule has 2 unspecified atom stereocenters. The van der Waals surface area contributed by atoms with Crippen LogP contribution in [0.2, 0.25) is 0 Å². The van der Waals surface area contributed by atoms with Gasteiger partial charge < -0.3 is 10.6 Å². The molecule has 2 aliphatic rings. The van der Waals surface area contributed by atoms with Crippen LogP contribution in [0.15, 0.2) is 29.3 Å². The Morgan fingerprint density at radius 3 is 2.50 bits per heavy atom. The molecule has 0 radical (unpaired) electrons. The van der Waals surface area contributed by atoms with E-state index in [0.717, 1.165) is 30.8 Å². The lowest BCUT2D eigenvalue weighted by atomic mass is 10.1. The second-order valence-electron chi connectivity index (χ2n) is 7.16. The Balaban J connectivity index is 0.00000280. The molecule has 1 aromatic carbocycles. The van der Waals surface area contributed by atoms with Gasteiger partial charge in [0.15, 0.2) is 5.96 Å². The molecule has 2 fully saturated rings. The summed E-state index contributed by atoms with van der Waals surface area (Å²) in [7, 11) is -3.11. The standard InChI is InChI=1S/C19H29FN4O2S.HI/c1-3-21-19(22-14-9-11-24(12-10-14)27(25,26)4-2)23-18-13-16(18)15-7-5-6-8-17(15)20;/h5-8,14,16,18H,3-4,9-13H2,1-2H3,(H2,21,22,23);1H. The van der Waals surface area contributed by atoms with Crippen molar-refractivity contribution in [1.29, 1.82) is 0 Å². The fourth-order valence-electron chi connectivity index (χ4n) is 3.59. The molecule has 0 spiro atoms. The van der Waals surface area contributed by atoms with E-state index in [-0.39, 0.29) is 53.5 Å². The first-order valence-corrected chi connectivity index (χ1v) is 11.3. The molecule has 0 aromatic heterocycles. The van der Waals surface area contributed by atoms with Gasteiger partial charge in [-0.2, -0.15) is 0 Å². The third-order valence-corrected chi connectivity index (χ3v) is 7.17. The number of guanidine groups is 1. The van der Waals surface area contributed by atoms with Gasteiger partial charge in [-0.3, -0.25) is 4.99 Å². The average molecular weight is 524 g/mol. The Hall–Kier alpha value is -0.940. The SMILES string of the molecule is CCN=C(NC1CCN(S(=O)(=O)CC)CC1)NC1CC1c1ccccc1F.I. The smallest absolute Gasteiger partial charge is 0.213 e.